The number of aromatic hydroxyl groups is 1. The van der Waals surface area contributed by atoms with Crippen molar-refractivity contribution < 1.29 is 29.6 Å². The highest BCUT2D eigenvalue weighted by Crippen LogP contribution is 2.47. The number of nitroso groups, excluding NO2 is 1. The van der Waals surface area contributed by atoms with Crippen molar-refractivity contribution in [2.45, 2.75) is 75.2 Å². The van der Waals surface area contributed by atoms with Gasteiger partial charge < -0.3 is 20.1 Å². The van der Waals surface area contributed by atoms with Crippen molar-refractivity contribution >= 4 is 23.2 Å². The number of aldehydes is 1. The number of rotatable bonds is 15. The van der Waals surface area contributed by atoms with Gasteiger partial charge in [-0.05, 0) is 78.9 Å². The Balaban J connectivity index is 3.30. The van der Waals surface area contributed by atoms with Crippen LogP contribution in [-0.2, 0) is 20.7 Å². The molecular weight excluding hydrogens is 594 g/mol. The third-order valence-electron chi connectivity index (χ3n) is 8.59. The van der Waals surface area contributed by atoms with Gasteiger partial charge in [0.1, 0.15) is 29.6 Å². The molecule has 1 aromatic rings. The third-order valence-corrected chi connectivity index (χ3v) is 8.59. The van der Waals surface area contributed by atoms with Gasteiger partial charge in [-0.3, -0.25) is 9.59 Å². The van der Waals surface area contributed by atoms with Crippen molar-refractivity contribution in [2.75, 3.05) is 20.3 Å². The topological polar surface area (TPSA) is 133 Å². The maximum absolute atomic E-state index is 13.0. The summed E-state index contributed by atoms with van der Waals surface area (Å²) in [5.41, 5.74) is 5.58. The zero-order chi connectivity index (χ0) is 35.7. The van der Waals surface area contributed by atoms with E-state index in [1.165, 1.54) is 14.0 Å². The minimum atomic E-state index is -0.752. The first-order valence-electron chi connectivity index (χ1n) is 16.1. The number of nitrogens with zero attached hydrogens (tertiary/aromatic N) is 1. The Hall–Kier alpha value is -4.30. The van der Waals surface area contributed by atoms with Gasteiger partial charge >= 0.3 is 0 Å². The van der Waals surface area contributed by atoms with Crippen LogP contribution in [0.15, 0.2) is 81.0 Å². The number of aliphatic hydroxyl groups excluding tert-OH is 2. The van der Waals surface area contributed by atoms with Gasteiger partial charge in [0.25, 0.3) is 0 Å². The number of aliphatic hydroxyl groups is 2. The first-order valence-corrected chi connectivity index (χ1v) is 16.1. The lowest BCUT2D eigenvalue weighted by Crippen LogP contribution is -2.18. The van der Waals surface area contributed by atoms with Crippen LogP contribution in [0.25, 0.3) is 11.1 Å². The average molecular weight is 646 g/mol. The van der Waals surface area contributed by atoms with Gasteiger partial charge in [-0.2, -0.15) is 4.91 Å². The Morgan fingerprint density at radius 2 is 1.79 bits per heavy atom. The molecule has 0 fully saturated rings. The number of phenolic OH excluding ortho intramolecular Hbond substituents is 1. The number of hydrogen-bond acceptors (Lipinski definition) is 8. The number of Topliss-reactive ketones (excluding diaryl/α,β-unsaturated/α-hetero) is 1. The lowest BCUT2D eigenvalue weighted by Gasteiger charge is -2.26. The van der Waals surface area contributed by atoms with Crippen LogP contribution in [0.2, 0.25) is 0 Å². The number of phenols is 1. The molecule has 0 radical (unpaired) electrons. The van der Waals surface area contributed by atoms with Crippen LogP contribution in [0.5, 0.6) is 5.75 Å². The number of ether oxygens (including phenoxy) is 1. The molecular formula is C39H51NO7. The number of ketones is 1. The smallest absolute Gasteiger partial charge is 0.151 e. The summed E-state index contributed by atoms with van der Waals surface area (Å²) in [5, 5.41) is 38.2. The van der Waals surface area contributed by atoms with Crippen LogP contribution in [0.3, 0.4) is 0 Å². The minimum Gasteiger partial charge on any atom is -0.508 e. The van der Waals surface area contributed by atoms with E-state index in [0.29, 0.717) is 69.3 Å². The van der Waals surface area contributed by atoms with E-state index in [-0.39, 0.29) is 59.2 Å². The molecule has 8 nitrogen and oxygen atoms in total. The fraction of sp³-hybridized carbons (Fsp3) is 0.436. The zero-order valence-corrected chi connectivity index (χ0v) is 29.6. The summed E-state index contributed by atoms with van der Waals surface area (Å²) in [4.78, 5) is 37.1. The van der Waals surface area contributed by atoms with Crippen LogP contribution in [-0.4, -0.2) is 47.7 Å². The Bertz CT molecular complexity index is 1610. The average Bonchev–Trinajstić information content (AvgIpc) is 3.11. The quantitative estimate of drug-likeness (QED) is 0.0570. The Morgan fingerprint density at radius 3 is 2.26 bits per heavy atom. The van der Waals surface area contributed by atoms with Crippen LogP contribution in [0, 0.1) is 29.6 Å². The van der Waals surface area contributed by atoms with E-state index in [4.69, 9.17) is 4.74 Å². The predicted molar refractivity (Wildman–Crippen MR) is 190 cm³/mol. The number of aryl methyl sites for hydroxylation is 2. The largest absolute Gasteiger partial charge is 0.508 e. The Labute approximate surface area is 279 Å². The van der Waals surface area contributed by atoms with Gasteiger partial charge in [0, 0.05) is 46.4 Å². The molecule has 0 bridgehead atoms. The van der Waals surface area contributed by atoms with E-state index >= 15 is 0 Å². The fourth-order valence-electron chi connectivity index (χ4n) is 6.18. The molecule has 2 rings (SSSR count). The van der Waals surface area contributed by atoms with Gasteiger partial charge in [-0.1, -0.05) is 77.6 Å². The second-order valence-corrected chi connectivity index (χ2v) is 12.7. The second kappa shape index (κ2) is 17.0. The predicted octanol–water partition coefficient (Wildman–Crippen LogP) is 9.01. The molecule has 0 amide bonds. The van der Waals surface area contributed by atoms with Gasteiger partial charge in [0.15, 0.2) is 6.29 Å². The van der Waals surface area contributed by atoms with Crippen LogP contribution >= 0.6 is 0 Å². The molecule has 0 saturated carbocycles. The lowest BCUT2D eigenvalue weighted by molar-refractivity contribution is -0.119. The Kier molecular flexibility index (Phi) is 14.1. The SMILES string of the molecule is C=C(O)/C(COC)=C(\C1=C(C(C)C(C)=O)C(O)=C(c2c(CC)cc(C)c(/C(C=O)=C(\C=C\C(C)C)CN=O)c2O)C(C)=CC1)C(C)C. The minimum absolute atomic E-state index is 0.0697. The number of methoxy groups -OCH3 is 1. The highest BCUT2D eigenvalue weighted by Gasteiger charge is 2.33. The summed E-state index contributed by atoms with van der Waals surface area (Å²) in [6.45, 7) is 20.1. The van der Waals surface area contributed by atoms with E-state index in [0.717, 1.165) is 5.56 Å². The molecule has 47 heavy (non-hydrogen) atoms. The summed E-state index contributed by atoms with van der Waals surface area (Å²) < 4.78 is 5.42. The van der Waals surface area contributed by atoms with E-state index in [2.05, 4.69) is 11.8 Å². The standard InChI is InChI=1S/C39H51NO7/c1-12-28-17-24(7)34(31(19-41)29(18-40-46)15-13-21(2)3)38(44)37(28)35-23(6)14-16-30(36(39(35)45)25(8)26(9)42)33(22(4)5)32(20-47-11)27(10)43/h13-15,17,19,21-22,25,43-45H,10,12,16,18,20H2,1-9,11H3/b15-13+,31-29+,33-32-. The normalized spacial score (nSPS) is 15.9. The monoisotopic (exact) mass is 645 g/mol. The zero-order valence-electron chi connectivity index (χ0n) is 29.6. The van der Waals surface area contributed by atoms with E-state index in [1.807, 2.05) is 59.8 Å². The molecule has 1 atom stereocenters. The van der Waals surface area contributed by atoms with E-state index in [1.54, 1.807) is 19.9 Å². The van der Waals surface area contributed by atoms with E-state index < -0.39 is 5.92 Å². The molecule has 1 aliphatic carbocycles. The number of carbonyl (C=O) groups excluding carboxylic acids is 2. The van der Waals surface area contributed by atoms with Crippen LogP contribution < -0.4 is 0 Å². The summed E-state index contributed by atoms with van der Waals surface area (Å²) in [5.74, 6) is -1.51. The summed E-state index contributed by atoms with van der Waals surface area (Å²) in [6, 6.07) is 1.87. The lowest BCUT2D eigenvalue weighted by atomic mass is 9.79. The molecule has 1 aromatic carbocycles. The van der Waals surface area contributed by atoms with Crippen molar-refractivity contribution in [3.8, 4) is 5.75 Å². The highest BCUT2D eigenvalue weighted by molar-refractivity contribution is 6.11. The summed E-state index contributed by atoms with van der Waals surface area (Å²) in [7, 11) is 1.52. The molecule has 0 heterocycles. The van der Waals surface area contributed by atoms with Crippen LogP contribution in [0.4, 0.5) is 0 Å². The highest BCUT2D eigenvalue weighted by atomic mass is 16.5. The molecule has 0 saturated heterocycles. The first kappa shape index (κ1) is 38.9. The number of carbonyl (C=O) groups is 2. The number of hydrogen-bond donors (Lipinski definition) is 3. The first-order chi connectivity index (χ1) is 22.1. The van der Waals surface area contributed by atoms with Gasteiger partial charge in [-0.15, -0.1) is 0 Å². The van der Waals surface area contributed by atoms with Gasteiger partial charge in [0.2, 0.25) is 0 Å². The van der Waals surface area contributed by atoms with Crippen molar-refractivity contribution in [1.29, 1.82) is 0 Å². The molecule has 8 heteroatoms. The number of benzene rings is 1. The second-order valence-electron chi connectivity index (χ2n) is 12.7. The van der Waals surface area contributed by atoms with Crippen molar-refractivity contribution in [3.63, 3.8) is 0 Å². The van der Waals surface area contributed by atoms with Crippen molar-refractivity contribution in [2.24, 2.45) is 22.9 Å². The Morgan fingerprint density at radius 1 is 1.15 bits per heavy atom. The van der Waals surface area contributed by atoms with Gasteiger partial charge in [0.05, 0.1) is 6.61 Å². The molecule has 0 aromatic heterocycles. The molecule has 1 unspecified atom stereocenters. The molecule has 3 N–H and O–H groups in total. The fourth-order valence-corrected chi connectivity index (χ4v) is 6.18. The van der Waals surface area contributed by atoms with Crippen molar-refractivity contribution in [3.05, 3.63) is 103 Å². The van der Waals surface area contributed by atoms with Crippen LogP contribution in [0.1, 0.15) is 84.1 Å². The van der Waals surface area contributed by atoms with Gasteiger partial charge in [-0.25, -0.2) is 0 Å². The summed E-state index contributed by atoms with van der Waals surface area (Å²) in [6.07, 6.45) is 6.88. The maximum Gasteiger partial charge on any atom is 0.151 e. The maximum atomic E-state index is 13.0. The molecule has 0 aliphatic heterocycles. The number of allylic oxidation sites excluding steroid dienone is 8. The van der Waals surface area contributed by atoms with E-state index in [9.17, 15) is 29.8 Å². The molecule has 254 valence electrons. The van der Waals surface area contributed by atoms with Crippen molar-refractivity contribution in [1.82, 2.24) is 0 Å². The summed E-state index contributed by atoms with van der Waals surface area (Å²) >= 11 is 0. The molecule has 0 spiro atoms. The third kappa shape index (κ3) is 8.55. The molecule has 1 aliphatic rings.